The fourth-order valence-corrected chi connectivity index (χ4v) is 9.21. The third-order valence-corrected chi connectivity index (χ3v) is 13.9. The van der Waals surface area contributed by atoms with Crippen LogP contribution in [0.15, 0.2) is 36.5 Å². The maximum atomic E-state index is 12.4. The van der Waals surface area contributed by atoms with Gasteiger partial charge in [0.2, 0.25) is 5.91 Å². The predicted octanol–water partition coefficient (Wildman–Crippen LogP) is 18.8. The third kappa shape index (κ3) is 53.4. The zero-order chi connectivity index (χ0) is 49.3. The van der Waals surface area contributed by atoms with E-state index in [2.05, 4.69) is 43.5 Å². The first-order chi connectivity index (χ1) is 33.5. The van der Waals surface area contributed by atoms with Gasteiger partial charge in [-0.15, -0.1) is 0 Å². The number of hydrogen-bond donors (Lipinski definition) is 3. The highest BCUT2D eigenvalue weighted by Crippen LogP contribution is 2.16. The van der Waals surface area contributed by atoms with Crippen LogP contribution >= 0.6 is 0 Å². The van der Waals surface area contributed by atoms with Crippen molar-refractivity contribution in [1.82, 2.24) is 5.32 Å². The van der Waals surface area contributed by atoms with Crippen molar-refractivity contribution in [3.63, 3.8) is 0 Å². The topological polar surface area (TPSA) is 95.9 Å². The molecule has 0 aromatic heterocycles. The number of aliphatic hydroxyl groups is 2. The maximum Gasteiger partial charge on any atom is 0.305 e. The number of rotatable bonds is 56. The van der Waals surface area contributed by atoms with Crippen molar-refractivity contribution < 1.29 is 24.5 Å². The molecule has 0 radical (unpaired) electrons. The van der Waals surface area contributed by atoms with Gasteiger partial charge in [0, 0.05) is 12.8 Å². The van der Waals surface area contributed by atoms with Crippen molar-refractivity contribution >= 4 is 11.9 Å². The van der Waals surface area contributed by atoms with Crippen molar-refractivity contribution in [3.05, 3.63) is 36.5 Å². The number of unbranched alkanes of at least 4 members (excludes halogenated alkanes) is 41. The zero-order valence-corrected chi connectivity index (χ0v) is 45.6. The number of amides is 1. The number of carbonyl (C=O) groups is 2. The average molecular weight is 957 g/mol. The van der Waals surface area contributed by atoms with Crippen LogP contribution in [0.1, 0.15) is 322 Å². The largest absolute Gasteiger partial charge is 0.466 e. The van der Waals surface area contributed by atoms with Crippen molar-refractivity contribution in [2.45, 2.75) is 334 Å². The molecule has 1 amide bonds. The second-order valence-electron chi connectivity index (χ2n) is 20.7. The normalized spacial score (nSPS) is 12.8. The van der Waals surface area contributed by atoms with Crippen molar-refractivity contribution in [2.75, 3.05) is 13.2 Å². The first-order valence-electron chi connectivity index (χ1n) is 30.3. The van der Waals surface area contributed by atoms with Gasteiger partial charge in [-0.1, -0.05) is 262 Å². The first-order valence-corrected chi connectivity index (χ1v) is 30.3. The van der Waals surface area contributed by atoms with E-state index in [0.717, 1.165) is 51.4 Å². The second kappa shape index (κ2) is 57.7. The summed E-state index contributed by atoms with van der Waals surface area (Å²) in [6, 6.07) is -0.631. The summed E-state index contributed by atoms with van der Waals surface area (Å²) < 4.78 is 5.50. The summed E-state index contributed by atoms with van der Waals surface area (Å²) in [6.07, 6.45) is 71.9. The van der Waals surface area contributed by atoms with E-state index in [1.54, 1.807) is 6.08 Å². The molecule has 68 heavy (non-hydrogen) atoms. The summed E-state index contributed by atoms with van der Waals surface area (Å²) in [5.74, 6) is -0.0681. The third-order valence-electron chi connectivity index (χ3n) is 13.9. The molecule has 2 atom stereocenters. The molecule has 3 N–H and O–H groups in total. The molecule has 0 aliphatic heterocycles. The molecular weight excluding hydrogens is 839 g/mol. The van der Waals surface area contributed by atoms with Crippen LogP contribution in [0, 0.1) is 0 Å². The second-order valence-corrected chi connectivity index (χ2v) is 20.7. The molecule has 0 aromatic carbocycles. The minimum Gasteiger partial charge on any atom is -0.466 e. The molecule has 0 heterocycles. The van der Waals surface area contributed by atoms with E-state index < -0.39 is 12.1 Å². The Morgan fingerprint density at radius 3 is 1.04 bits per heavy atom. The summed E-state index contributed by atoms with van der Waals surface area (Å²) in [7, 11) is 0. The van der Waals surface area contributed by atoms with Crippen LogP contribution in [-0.4, -0.2) is 47.4 Å². The lowest BCUT2D eigenvalue weighted by Gasteiger charge is -2.20. The molecule has 6 heteroatoms. The van der Waals surface area contributed by atoms with E-state index in [1.165, 1.54) is 244 Å². The Labute approximate surface area is 424 Å². The van der Waals surface area contributed by atoms with Gasteiger partial charge in [0.05, 0.1) is 25.4 Å². The fraction of sp³-hybridized carbons (Fsp3) is 0.871. The smallest absolute Gasteiger partial charge is 0.305 e. The molecule has 0 fully saturated rings. The van der Waals surface area contributed by atoms with Crippen molar-refractivity contribution in [1.29, 1.82) is 0 Å². The number of carbonyl (C=O) groups excluding carboxylic acids is 2. The van der Waals surface area contributed by atoms with Crippen LogP contribution in [-0.2, 0) is 14.3 Å². The van der Waals surface area contributed by atoms with E-state index >= 15 is 0 Å². The van der Waals surface area contributed by atoms with Gasteiger partial charge in [0.25, 0.3) is 0 Å². The fourth-order valence-electron chi connectivity index (χ4n) is 9.21. The lowest BCUT2D eigenvalue weighted by molar-refractivity contribution is -0.143. The van der Waals surface area contributed by atoms with Crippen LogP contribution < -0.4 is 5.32 Å². The van der Waals surface area contributed by atoms with Gasteiger partial charge in [0.15, 0.2) is 0 Å². The van der Waals surface area contributed by atoms with E-state index in [4.69, 9.17) is 4.74 Å². The summed E-state index contributed by atoms with van der Waals surface area (Å²) in [6.45, 7) is 4.88. The standard InChI is InChI=1S/C62H117NO5/c1-3-5-7-9-11-13-15-16-17-18-23-27-30-33-36-40-44-48-52-56-62(67)68-57-53-49-45-41-37-34-31-28-25-22-20-19-21-24-26-29-32-35-39-43-47-51-55-61(66)63-59(58-64)60(65)54-50-46-42-38-14-12-10-8-6-4-2/h16-17,21,24,50,54,59-60,64-65H,3-15,18-20,22-23,25-49,51-53,55-58H2,1-2H3,(H,63,66)/b17-16-,24-21-,54-50+. The quantitative estimate of drug-likeness (QED) is 0.0321. The van der Waals surface area contributed by atoms with Gasteiger partial charge < -0.3 is 20.3 Å². The van der Waals surface area contributed by atoms with Crippen LogP contribution in [0.2, 0.25) is 0 Å². The minimum atomic E-state index is -0.847. The number of esters is 1. The highest BCUT2D eigenvalue weighted by atomic mass is 16.5. The molecule has 400 valence electrons. The van der Waals surface area contributed by atoms with E-state index in [0.29, 0.717) is 19.4 Å². The molecule has 2 unspecified atom stereocenters. The molecule has 0 rings (SSSR count). The summed E-state index contributed by atoms with van der Waals surface area (Å²) in [5.41, 5.74) is 0. The Hall–Kier alpha value is -1.92. The predicted molar refractivity (Wildman–Crippen MR) is 296 cm³/mol. The monoisotopic (exact) mass is 956 g/mol. The van der Waals surface area contributed by atoms with Gasteiger partial charge >= 0.3 is 5.97 Å². The molecule has 0 saturated heterocycles. The maximum absolute atomic E-state index is 12.4. The Bertz CT molecular complexity index is 1100. The first kappa shape index (κ1) is 66.1. The Morgan fingerprint density at radius 1 is 0.397 bits per heavy atom. The van der Waals surface area contributed by atoms with Gasteiger partial charge in [-0.25, -0.2) is 0 Å². The van der Waals surface area contributed by atoms with Gasteiger partial charge in [-0.05, 0) is 83.5 Å². The van der Waals surface area contributed by atoms with E-state index in [9.17, 15) is 19.8 Å². The number of nitrogens with one attached hydrogen (secondary N) is 1. The molecule has 0 aromatic rings. The number of ether oxygens (including phenoxy) is 1. The lowest BCUT2D eigenvalue weighted by Crippen LogP contribution is -2.45. The molecule has 0 aliphatic rings. The molecule has 0 bridgehead atoms. The van der Waals surface area contributed by atoms with Crippen molar-refractivity contribution in [3.8, 4) is 0 Å². The van der Waals surface area contributed by atoms with E-state index in [-0.39, 0.29) is 18.5 Å². The highest BCUT2D eigenvalue weighted by Gasteiger charge is 2.18. The Morgan fingerprint density at radius 2 is 0.691 bits per heavy atom. The molecule has 0 saturated carbocycles. The summed E-state index contributed by atoms with van der Waals surface area (Å²) in [4.78, 5) is 24.5. The molecular formula is C62H117NO5. The molecule has 0 spiro atoms. The van der Waals surface area contributed by atoms with Crippen LogP contribution in [0.25, 0.3) is 0 Å². The summed E-state index contributed by atoms with van der Waals surface area (Å²) in [5, 5.41) is 23.0. The Kier molecular flexibility index (Phi) is 56.0. The van der Waals surface area contributed by atoms with E-state index in [1.807, 2.05) is 6.08 Å². The number of hydrogen-bond acceptors (Lipinski definition) is 5. The zero-order valence-electron chi connectivity index (χ0n) is 45.6. The van der Waals surface area contributed by atoms with Crippen molar-refractivity contribution in [2.24, 2.45) is 0 Å². The number of aliphatic hydroxyl groups excluding tert-OH is 2. The lowest BCUT2D eigenvalue weighted by atomic mass is 10.0. The molecule has 0 aliphatic carbocycles. The summed E-state index contributed by atoms with van der Waals surface area (Å²) >= 11 is 0. The number of allylic oxidation sites excluding steroid dienone is 5. The van der Waals surface area contributed by atoms with Gasteiger partial charge in [0.1, 0.15) is 0 Å². The van der Waals surface area contributed by atoms with Gasteiger partial charge in [-0.2, -0.15) is 0 Å². The Balaban J connectivity index is 3.39. The highest BCUT2D eigenvalue weighted by molar-refractivity contribution is 5.76. The minimum absolute atomic E-state index is 0.00871. The van der Waals surface area contributed by atoms with Gasteiger partial charge in [-0.3, -0.25) is 9.59 Å². The molecule has 6 nitrogen and oxygen atoms in total. The van der Waals surface area contributed by atoms with Crippen LogP contribution in [0.5, 0.6) is 0 Å². The van der Waals surface area contributed by atoms with Crippen LogP contribution in [0.3, 0.4) is 0 Å². The SMILES string of the molecule is CCCCCCCC/C=C\CCCCCCCCCCCC(=O)OCCCCCCCCCCCCC/C=C\CCCCCCCCCC(=O)NC(CO)C(O)/C=C/CCCCCCCCCC. The van der Waals surface area contributed by atoms with Crippen LogP contribution in [0.4, 0.5) is 0 Å². The average Bonchev–Trinajstić information content (AvgIpc) is 3.34.